The minimum Gasteiger partial charge on any atom is -0.400 e. The van der Waals surface area contributed by atoms with Crippen LogP contribution in [0.2, 0.25) is 0 Å². The zero-order valence-electron chi connectivity index (χ0n) is 5.53. The number of aliphatic hydroxyl groups is 1. The van der Waals surface area contributed by atoms with Crippen LogP contribution in [0.5, 0.6) is 0 Å². The molecule has 0 atom stereocenters. The molecule has 0 aromatic carbocycles. The summed E-state index contributed by atoms with van der Waals surface area (Å²) in [6.45, 7) is 0. The van der Waals surface area contributed by atoms with E-state index in [0.29, 0.717) is 0 Å². The Labute approximate surface area is 104 Å². The third-order valence-corrected chi connectivity index (χ3v) is 15.7. The fraction of sp³-hybridized carbons (Fsp3) is 1.00. The molecular weight excluding hydrogens is 349 g/mol. The van der Waals surface area contributed by atoms with Crippen molar-refractivity contribution in [3.63, 3.8) is 0 Å². The van der Waals surface area contributed by atoms with Crippen LogP contribution in [-0.4, -0.2) is 12.2 Å². The van der Waals surface area contributed by atoms with Crippen LogP contribution in [0.4, 0.5) is 0 Å². The van der Waals surface area contributed by atoms with Crippen molar-refractivity contribution in [3.05, 3.63) is 0 Å². The van der Waals surface area contributed by atoms with E-state index in [9.17, 15) is 0 Å². The second-order valence-corrected chi connectivity index (χ2v) is 14.7. The van der Waals surface area contributed by atoms with E-state index in [0.717, 1.165) is 7.11 Å². The normalized spacial score (nSPS) is 6.17. The standard InChI is InChI=1S/CH4O.S10/c1-2;1-3-5-7-9-10-8-6-4-2/h2H,1H3;. The summed E-state index contributed by atoms with van der Waals surface area (Å²) in [6.07, 6.45) is 0. The minimum absolute atomic E-state index is 1.00. The molecule has 0 aliphatic rings. The van der Waals surface area contributed by atoms with Gasteiger partial charge in [-0.05, 0) is 0 Å². The van der Waals surface area contributed by atoms with Gasteiger partial charge in [0.1, 0.15) is 0 Å². The first-order chi connectivity index (χ1) is 5.91. The quantitative estimate of drug-likeness (QED) is 0.640. The topological polar surface area (TPSA) is 20.2 Å². The van der Waals surface area contributed by atoms with Crippen LogP contribution in [-0.2, 0) is 93.4 Å². The molecule has 0 aliphatic carbocycles. The lowest BCUT2D eigenvalue weighted by Crippen LogP contribution is -1.36. The minimum atomic E-state index is 1.00. The first-order valence-electron chi connectivity index (χ1n) is 1.95. The Bertz CT molecular complexity index is 345. The van der Waals surface area contributed by atoms with Crippen LogP contribution in [0.3, 0.4) is 0 Å². The van der Waals surface area contributed by atoms with Crippen molar-refractivity contribution in [3.8, 4) is 0 Å². The Balaban J connectivity index is 0. The molecule has 0 spiro atoms. The fourth-order valence-electron chi connectivity index (χ4n) is 0.0680. The van der Waals surface area contributed by atoms with Crippen LogP contribution in [0.15, 0.2) is 0 Å². The summed E-state index contributed by atoms with van der Waals surface area (Å²) < 4.78 is 0. The van der Waals surface area contributed by atoms with Gasteiger partial charge >= 0.3 is 0 Å². The molecule has 1 N–H and O–H groups in total. The average Bonchev–Trinajstić information content (AvgIpc) is 2.15. The Morgan fingerprint density at radius 1 is 0.667 bits per heavy atom. The highest BCUT2D eigenvalue weighted by atomic mass is 33.4. The molecule has 0 rings (SSSR count). The van der Waals surface area contributed by atoms with Gasteiger partial charge in [-0.1, -0.05) is 0 Å². The number of hydrogen-bond acceptors (Lipinski definition) is 3. The smallest absolute Gasteiger partial charge is 0.0319 e. The maximum absolute atomic E-state index is 7.00. The summed E-state index contributed by atoms with van der Waals surface area (Å²) in [5, 5.41) is 7.00. The molecule has 74 valence electrons. The molecule has 0 aliphatic heterocycles. The molecule has 0 unspecified atom stereocenters. The zero-order chi connectivity index (χ0) is 9.66. The first kappa shape index (κ1) is 16.6. The first-order valence-corrected chi connectivity index (χ1v) is 13.9. The van der Waals surface area contributed by atoms with Gasteiger partial charge in [0.15, 0.2) is 0 Å². The van der Waals surface area contributed by atoms with E-state index >= 15 is 0 Å². The lowest BCUT2D eigenvalue weighted by Gasteiger charge is -1.36. The second-order valence-electron chi connectivity index (χ2n) is 0.544. The summed E-state index contributed by atoms with van der Waals surface area (Å²) in [5.41, 5.74) is 0. The van der Waals surface area contributed by atoms with E-state index < -0.39 is 0 Å². The van der Waals surface area contributed by atoms with Gasteiger partial charge in [0.2, 0.25) is 0 Å². The molecule has 12 heavy (non-hydrogen) atoms. The molecule has 0 amide bonds. The van der Waals surface area contributed by atoms with Gasteiger partial charge < -0.3 is 5.11 Å². The van der Waals surface area contributed by atoms with Gasteiger partial charge in [0, 0.05) is 101 Å². The van der Waals surface area contributed by atoms with Gasteiger partial charge in [-0.3, -0.25) is 0 Å². The molecule has 0 fully saturated rings. The zero-order valence-corrected chi connectivity index (χ0v) is 13.7. The molecule has 0 radical (unpaired) electrons. The Morgan fingerprint density at radius 2 is 0.917 bits per heavy atom. The van der Waals surface area contributed by atoms with Crippen LogP contribution in [0.1, 0.15) is 0 Å². The third kappa shape index (κ3) is 18.0. The SMILES string of the molecule is CO.S=S=S=S=S=S=S=S=S=S. The highest BCUT2D eigenvalue weighted by Gasteiger charge is 1.36. The van der Waals surface area contributed by atoms with E-state index in [1.807, 2.05) is 0 Å². The second kappa shape index (κ2) is 18.9. The molecule has 11 heteroatoms. The molecule has 0 aromatic heterocycles. The molecule has 1 nitrogen and oxygen atoms in total. The van der Waals surface area contributed by atoms with Crippen molar-refractivity contribution in [1.82, 2.24) is 0 Å². The molecule has 0 bridgehead atoms. The van der Waals surface area contributed by atoms with Crippen molar-refractivity contribution in [2.24, 2.45) is 0 Å². The maximum atomic E-state index is 7.00. The van der Waals surface area contributed by atoms with Crippen LogP contribution >= 0.6 is 0 Å². The van der Waals surface area contributed by atoms with E-state index in [4.69, 9.17) is 5.11 Å². The number of aliphatic hydroxyl groups excluding tert-OH is 1. The Hall–Kier alpha value is 2.16. The number of hydrogen-bond donors (Lipinski definition) is 1. The van der Waals surface area contributed by atoms with E-state index in [1.165, 1.54) is 17.8 Å². The molecule has 0 saturated carbocycles. The Kier molecular flexibility index (Phi) is 26.1. The average molecular weight is 353 g/mol. The fourth-order valence-corrected chi connectivity index (χ4v) is 16.5. The predicted molar refractivity (Wildman–Crippen MR) is 81.8 cm³/mol. The van der Waals surface area contributed by atoms with Crippen molar-refractivity contribution >= 4 is 93.4 Å². The monoisotopic (exact) mass is 352 g/mol. The van der Waals surface area contributed by atoms with Crippen LogP contribution in [0, 0.1) is 0 Å². The summed E-state index contributed by atoms with van der Waals surface area (Å²) in [4.78, 5) is 0. The van der Waals surface area contributed by atoms with Gasteiger partial charge in [0.25, 0.3) is 0 Å². The highest BCUT2D eigenvalue weighted by Crippen LogP contribution is 1.36. The van der Waals surface area contributed by atoms with Crippen molar-refractivity contribution in [1.29, 1.82) is 0 Å². The van der Waals surface area contributed by atoms with Crippen LogP contribution < -0.4 is 0 Å². The van der Waals surface area contributed by atoms with Gasteiger partial charge in [-0.2, -0.15) is 0 Å². The Morgan fingerprint density at radius 3 is 1.17 bits per heavy atom. The third-order valence-electron chi connectivity index (χ3n) is 0.194. The highest BCUT2D eigenvalue weighted by molar-refractivity contribution is 8.73. The lowest BCUT2D eigenvalue weighted by molar-refractivity contribution is 0.399. The lowest BCUT2D eigenvalue weighted by atomic mass is 11.8. The summed E-state index contributed by atoms with van der Waals surface area (Å²) in [5.74, 6) is 0. The summed E-state index contributed by atoms with van der Waals surface area (Å²) >= 11 is 9.31. The molecule has 0 heterocycles. The van der Waals surface area contributed by atoms with Crippen LogP contribution in [0.25, 0.3) is 0 Å². The van der Waals surface area contributed by atoms with Gasteiger partial charge in [0.05, 0.1) is 0 Å². The van der Waals surface area contributed by atoms with E-state index in [-0.39, 0.29) is 0 Å². The van der Waals surface area contributed by atoms with E-state index in [1.54, 1.807) is 53.3 Å². The number of rotatable bonds is 0. The largest absolute Gasteiger partial charge is 0.400 e. The summed E-state index contributed by atoms with van der Waals surface area (Å²) in [6, 6.07) is 0. The van der Waals surface area contributed by atoms with E-state index in [2.05, 4.69) is 22.4 Å². The van der Waals surface area contributed by atoms with Crippen molar-refractivity contribution in [2.75, 3.05) is 7.11 Å². The summed E-state index contributed by atoms with van der Waals surface area (Å²) in [7, 11) is 13.7. The van der Waals surface area contributed by atoms with Crippen molar-refractivity contribution in [2.45, 2.75) is 0 Å². The maximum Gasteiger partial charge on any atom is 0.0319 e. The molecule has 0 saturated heterocycles. The predicted octanol–water partition coefficient (Wildman–Crippen LogP) is -0.415. The molecular formula is CH4OS10. The van der Waals surface area contributed by atoms with Gasteiger partial charge in [-0.25, -0.2) is 0 Å². The molecule has 0 aromatic rings. The van der Waals surface area contributed by atoms with Gasteiger partial charge in [-0.15, -0.1) is 0 Å². The van der Waals surface area contributed by atoms with Crippen molar-refractivity contribution < 1.29 is 5.11 Å².